The van der Waals surface area contributed by atoms with Crippen LogP contribution in [-0.2, 0) is 28.7 Å². The van der Waals surface area contributed by atoms with Crippen LogP contribution < -0.4 is 10.4 Å². The number of nitrogens with one attached hydrogen (secondary N) is 1. The van der Waals surface area contributed by atoms with Crippen LogP contribution in [0.5, 0.6) is 0 Å². The zero-order valence-electron chi connectivity index (χ0n) is 13.7. The lowest BCUT2D eigenvalue weighted by atomic mass is 9.83. The first-order valence-corrected chi connectivity index (χ1v) is 9.97. The van der Waals surface area contributed by atoms with Crippen LogP contribution in [0.2, 0.25) is 0 Å². The van der Waals surface area contributed by atoms with Crippen molar-refractivity contribution in [2.45, 2.75) is 32.4 Å². The quantitative estimate of drug-likeness (QED) is 0.428. The molecule has 0 unspecified atom stereocenters. The Morgan fingerprint density at radius 3 is 2.64 bits per heavy atom. The van der Waals surface area contributed by atoms with Crippen molar-refractivity contribution in [1.29, 1.82) is 0 Å². The molecule has 2 aliphatic heterocycles. The number of amides is 2. The minimum atomic E-state index is -3.74. The summed E-state index contributed by atoms with van der Waals surface area (Å²) in [4.78, 5) is 36.0. The van der Waals surface area contributed by atoms with E-state index in [-0.39, 0.29) is 18.0 Å². The summed E-state index contributed by atoms with van der Waals surface area (Å²) >= 11 is 1.05. The smallest absolute Gasteiger partial charge is 0.264 e. The molecule has 0 aromatic rings. The topological polar surface area (TPSA) is 133 Å². The number of hydrogen-bond donors (Lipinski definition) is 1. The number of nitrogens with zero attached hydrogens (tertiary/aromatic N) is 1. The van der Waals surface area contributed by atoms with E-state index >= 15 is 0 Å². The molecule has 1 N–H and O–H groups in total. The highest BCUT2D eigenvalue weighted by Crippen LogP contribution is 2.47. The van der Waals surface area contributed by atoms with Gasteiger partial charge in [0.1, 0.15) is 0 Å². The van der Waals surface area contributed by atoms with E-state index in [9.17, 15) is 27.9 Å². The second-order valence-electron chi connectivity index (χ2n) is 5.69. The van der Waals surface area contributed by atoms with Gasteiger partial charge in [-0.15, -0.1) is 0 Å². The Morgan fingerprint density at radius 2 is 2.12 bits per heavy atom. The number of fused-ring (bicyclic) bond motifs is 1. The van der Waals surface area contributed by atoms with Gasteiger partial charge in [-0.25, -0.2) is 0 Å². The van der Waals surface area contributed by atoms with E-state index in [4.69, 9.17) is 4.18 Å². The van der Waals surface area contributed by atoms with Gasteiger partial charge in [0.05, 0.1) is 36.0 Å². The summed E-state index contributed by atoms with van der Waals surface area (Å²) < 4.78 is 27.3. The fourth-order valence-corrected chi connectivity index (χ4v) is 4.45. The third-order valence-corrected chi connectivity index (χ3v) is 5.33. The molecule has 0 aromatic heterocycles. The third-order valence-electron chi connectivity index (χ3n) is 3.76. The zero-order valence-corrected chi connectivity index (χ0v) is 15.3. The summed E-state index contributed by atoms with van der Waals surface area (Å²) in [6.07, 6.45) is 1.59. The molecule has 0 aliphatic carbocycles. The highest BCUT2D eigenvalue weighted by Gasteiger charge is 2.56. The second-order valence-corrected chi connectivity index (χ2v) is 8.29. The highest BCUT2D eigenvalue weighted by molar-refractivity contribution is 8.05. The van der Waals surface area contributed by atoms with Gasteiger partial charge < -0.3 is 20.1 Å². The fraction of sp³-hybridized carbons (Fsp3) is 0.500. The van der Waals surface area contributed by atoms with E-state index in [1.165, 1.54) is 25.5 Å². The number of aliphatic carboxylic acids is 1. The van der Waals surface area contributed by atoms with Gasteiger partial charge in [0.2, 0.25) is 11.8 Å². The number of rotatable bonds is 7. The largest absolute Gasteiger partial charge is 0.543 e. The van der Waals surface area contributed by atoms with Crippen LogP contribution in [0.4, 0.5) is 0 Å². The third kappa shape index (κ3) is 4.22. The Labute approximate surface area is 149 Å². The van der Waals surface area contributed by atoms with Gasteiger partial charge in [0.15, 0.2) is 0 Å². The summed E-state index contributed by atoms with van der Waals surface area (Å²) in [6.45, 7) is 2.79. The summed E-state index contributed by atoms with van der Waals surface area (Å²) in [5.74, 6) is -3.02. The number of thioether (sulfide) groups is 1. The lowest BCUT2D eigenvalue weighted by Crippen LogP contribution is -2.63. The van der Waals surface area contributed by atoms with Gasteiger partial charge in [-0.2, -0.15) is 8.42 Å². The van der Waals surface area contributed by atoms with Crippen LogP contribution >= 0.6 is 11.8 Å². The Balaban J connectivity index is 2.14. The number of carbonyl (C=O) groups is 3. The Bertz CT molecular complexity index is 772. The van der Waals surface area contributed by atoms with E-state index in [1.54, 1.807) is 0 Å². The van der Waals surface area contributed by atoms with E-state index < -0.39 is 40.1 Å². The van der Waals surface area contributed by atoms with Gasteiger partial charge in [-0.05, 0) is 12.3 Å². The van der Waals surface area contributed by atoms with Gasteiger partial charge in [-0.1, -0.05) is 11.8 Å². The van der Waals surface area contributed by atoms with Crippen LogP contribution in [-0.4, -0.2) is 49.5 Å². The average Bonchev–Trinajstić information content (AvgIpc) is 2.76. The molecular weight excluding hydrogens is 372 g/mol. The van der Waals surface area contributed by atoms with Crippen molar-refractivity contribution in [1.82, 2.24) is 10.2 Å². The van der Waals surface area contributed by atoms with Crippen LogP contribution in [0, 0.1) is 5.92 Å². The first kappa shape index (κ1) is 19.5. The molecule has 138 valence electrons. The summed E-state index contributed by atoms with van der Waals surface area (Å²) in [7, 11) is -3.74. The molecule has 1 fully saturated rings. The molecule has 1 saturated heterocycles. The molecule has 25 heavy (non-hydrogen) atoms. The van der Waals surface area contributed by atoms with Crippen molar-refractivity contribution in [2.24, 2.45) is 5.92 Å². The zero-order chi connectivity index (χ0) is 18.9. The molecule has 0 bridgehead atoms. The normalized spacial score (nSPS) is 24.3. The van der Waals surface area contributed by atoms with Gasteiger partial charge in [-0.3, -0.25) is 13.8 Å². The Hall–Kier alpha value is -1.85. The number of β-lactam (4-membered cyclic amide) rings is 1. The first-order chi connectivity index (χ1) is 11.5. The van der Waals surface area contributed by atoms with Crippen molar-refractivity contribution in [3.63, 3.8) is 0 Å². The van der Waals surface area contributed by atoms with E-state index in [2.05, 4.69) is 5.32 Å². The molecule has 0 spiro atoms. The maximum atomic E-state index is 12.3. The average molecular weight is 389 g/mol. The first-order valence-electron chi connectivity index (χ1n) is 7.27. The molecule has 0 radical (unpaired) electrons. The fourth-order valence-electron chi connectivity index (χ4n) is 2.92. The second kappa shape index (κ2) is 7.18. The molecular formula is C14H17N2O7S2-. The maximum absolute atomic E-state index is 12.3. The predicted octanol–water partition coefficient (Wildman–Crippen LogP) is -1.12. The van der Waals surface area contributed by atoms with Crippen LogP contribution in [0.25, 0.3) is 0 Å². The number of carbonyl (C=O) groups excluding carboxylic acids is 3. The molecule has 0 aromatic carbocycles. The standard InChI is InChI=1S/C14H18N2O7S2/c1-7(23-25(3,21)22)11-9-6-10(24-5-4-15-8(2)17)12(14(19)20)16(9)13(11)18/h4-5,7,9,11H,6H2,1-3H3,(H,15,17)(H,19,20)/p-1/b5-4+/t7-,9+,11+/m0/s1. The van der Waals surface area contributed by atoms with Crippen molar-refractivity contribution in [2.75, 3.05) is 6.26 Å². The number of carboxylic acid groups (broad SMARTS) is 1. The van der Waals surface area contributed by atoms with Gasteiger partial charge >= 0.3 is 0 Å². The van der Waals surface area contributed by atoms with Crippen molar-refractivity contribution < 1.29 is 32.1 Å². The van der Waals surface area contributed by atoms with Crippen LogP contribution in [0.1, 0.15) is 20.3 Å². The van der Waals surface area contributed by atoms with Crippen molar-refractivity contribution in [3.8, 4) is 0 Å². The SMILES string of the molecule is CC(=O)N/C=C/SC1=C(C(=O)[O-])N2C(=O)[C@H]([C@H](C)OS(C)(=O)=O)[C@H]2C1. The van der Waals surface area contributed by atoms with Crippen LogP contribution in [0.3, 0.4) is 0 Å². The highest BCUT2D eigenvalue weighted by atomic mass is 32.2. The van der Waals surface area contributed by atoms with Crippen molar-refractivity contribution in [3.05, 3.63) is 22.2 Å². The monoisotopic (exact) mass is 389 g/mol. The van der Waals surface area contributed by atoms with Crippen LogP contribution in [0.15, 0.2) is 22.2 Å². The summed E-state index contributed by atoms with van der Waals surface area (Å²) in [6, 6.07) is -0.492. The summed E-state index contributed by atoms with van der Waals surface area (Å²) in [5, 5.41) is 15.3. The number of carboxylic acids is 1. The van der Waals surface area contributed by atoms with E-state index in [0.29, 0.717) is 4.91 Å². The van der Waals surface area contributed by atoms with Gasteiger partial charge in [0, 0.05) is 24.4 Å². The minimum Gasteiger partial charge on any atom is -0.543 e. The van der Waals surface area contributed by atoms with E-state index in [1.807, 2.05) is 0 Å². The Morgan fingerprint density at radius 1 is 1.48 bits per heavy atom. The lowest BCUT2D eigenvalue weighted by molar-refractivity contribution is -0.301. The maximum Gasteiger partial charge on any atom is 0.264 e. The molecule has 0 saturated carbocycles. The molecule has 2 rings (SSSR count). The van der Waals surface area contributed by atoms with Crippen molar-refractivity contribution >= 4 is 39.7 Å². The Kier molecular flexibility index (Phi) is 5.59. The lowest BCUT2D eigenvalue weighted by Gasteiger charge is -2.46. The predicted molar refractivity (Wildman–Crippen MR) is 86.7 cm³/mol. The summed E-state index contributed by atoms with van der Waals surface area (Å²) in [5.41, 5.74) is -0.227. The molecule has 2 heterocycles. The molecule has 11 heteroatoms. The minimum absolute atomic E-state index is 0.227. The molecule has 3 atom stereocenters. The van der Waals surface area contributed by atoms with Gasteiger partial charge in [0.25, 0.3) is 10.1 Å². The molecule has 9 nitrogen and oxygen atoms in total. The van der Waals surface area contributed by atoms with E-state index in [0.717, 1.165) is 22.9 Å². The molecule has 2 aliphatic rings. The number of hydrogen-bond acceptors (Lipinski definition) is 8. The molecule has 2 amide bonds.